The number of hydrogen-bond acceptors (Lipinski definition) is 4. The van der Waals surface area contributed by atoms with Gasteiger partial charge in [-0.3, -0.25) is 19.0 Å². The van der Waals surface area contributed by atoms with E-state index in [0.29, 0.717) is 23.7 Å². The van der Waals surface area contributed by atoms with Crippen molar-refractivity contribution in [3.8, 4) is 11.1 Å². The van der Waals surface area contributed by atoms with Gasteiger partial charge in [0.2, 0.25) is 5.91 Å². The van der Waals surface area contributed by atoms with Crippen LogP contribution >= 0.6 is 0 Å². The number of alkyl halides is 3. The Hall–Kier alpha value is -4.84. The summed E-state index contributed by atoms with van der Waals surface area (Å²) in [4.78, 5) is 41.7. The number of pyridine rings is 1. The van der Waals surface area contributed by atoms with E-state index in [-0.39, 0.29) is 41.5 Å². The zero-order valence-corrected chi connectivity index (χ0v) is 27.4. The van der Waals surface area contributed by atoms with E-state index >= 15 is 8.78 Å². The third-order valence-corrected chi connectivity index (χ3v) is 8.80. The Kier molecular flexibility index (Phi) is 10.1. The number of hydrogen-bond donors (Lipinski definition) is 2. The smallest absolute Gasteiger partial charge is 0.416 e. The quantitative estimate of drug-likeness (QED) is 0.211. The van der Waals surface area contributed by atoms with Crippen LogP contribution in [0.5, 0.6) is 0 Å². The van der Waals surface area contributed by atoms with Crippen molar-refractivity contribution in [1.82, 2.24) is 14.8 Å². The second-order valence-corrected chi connectivity index (χ2v) is 12.8. The monoisotopic (exact) mass is 681 g/mol. The van der Waals surface area contributed by atoms with Crippen LogP contribution in [0.2, 0.25) is 0 Å². The van der Waals surface area contributed by atoms with Gasteiger partial charge < -0.3 is 15.3 Å². The molecule has 2 atom stereocenters. The van der Waals surface area contributed by atoms with Crippen LogP contribution in [0, 0.1) is 25.5 Å². The number of nitrogens with one attached hydrogen (secondary N) is 1. The maximum Gasteiger partial charge on any atom is 0.416 e. The predicted molar refractivity (Wildman–Crippen MR) is 174 cm³/mol. The zero-order chi connectivity index (χ0) is 35.8. The van der Waals surface area contributed by atoms with Crippen LogP contribution in [0.25, 0.3) is 11.1 Å². The van der Waals surface area contributed by atoms with E-state index in [4.69, 9.17) is 0 Å². The van der Waals surface area contributed by atoms with Gasteiger partial charge in [0.15, 0.2) is 0 Å². The lowest BCUT2D eigenvalue weighted by molar-refractivity contribution is -0.139. The lowest BCUT2D eigenvalue weighted by Gasteiger charge is -2.26. The fourth-order valence-corrected chi connectivity index (χ4v) is 6.54. The Labute approximate surface area is 280 Å². The average molecular weight is 682 g/mol. The maximum atomic E-state index is 15.9. The number of fused-ring (bicyclic) bond motifs is 6. The summed E-state index contributed by atoms with van der Waals surface area (Å²) in [6.07, 6.45) is -4.35. The highest BCUT2D eigenvalue weighted by Gasteiger charge is 2.37. The second-order valence-electron chi connectivity index (χ2n) is 12.8. The first-order chi connectivity index (χ1) is 23.0. The van der Waals surface area contributed by atoms with Crippen LogP contribution in [0.1, 0.15) is 69.4 Å². The number of aliphatic carboxylic acids is 1. The van der Waals surface area contributed by atoms with E-state index in [9.17, 15) is 32.7 Å². The van der Waals surface area contributed by atoms with Crippen LogP contribution in [-0.2, 0) is 28.6 Å². The molecular formula is C37H36F5N3O4. The van der Waals surface area contributed by atoms with Gasteiger partial charge in [0, 0.05) is 23.4 Å². The Morgan fingerprint density at radius 1 is 1.00 bits per heavy atom. The SMILES string of the molecule is Cc1cc2cc(c1F)[C@H](CC(=O)O)NC(=O)[C@@H](n1cc(CCCN(C)C)c(C(F)(F)F)cc1=O)c1cc(ccc1F)Cc1cccc(C)c1-2. The van der Waals surface area contributed by atoms with Crippen LogP contribution in [-0.4, -0.2) is 47.1 Å². The van der Waals surface area contributed by atoms with Gasteiger partial charge in [-0.25, -0.2) is 8.78 Å². The van der Waals surface area contributed by atoms with Crippen molar-refractivity contribution in [2.75, 3.05) is 20.6 Å². The minimum absolute atomic E-state index is 0.112. The number of aryl methyl sites for hydroxylation is 3. The Bertz CT molecular complexity index is 1990. The van der Waals surface area contributed by atoms with E-state index in [2.05, 4.69) is 5.32 Å². The molecule has 0 aliphatic carbocycles. The van der Waals surface area contributed by atoms with E-state index in [1.54, 1.807) is 25.1 Å². The molecule has 3 aromatic carbocycles. The number of carboxylic acids is 1. The standard InChI is InChI=1S/C37H36F5N3O4/c1-20-7-5-8-23-14-22-10-11-29(38)26(15-22)35(45-19-24(9-6-12-44(3)4)28(17-31(45)46)37(40,41)42)36(49)43-30(18-32(47)48)27-16-25(33(20)23)13-21(2)34(27)39/h5,7-8,10-11,13,15-17,19,30,35H,6,9,12,14,18H2,1-4H3,(H,43,49)(H,47,48)/t30-,35-/m0/s1. The van der Waals surface area contributed by atoms with E-state index in [1.165, 1.54) is 25.1 Å². The fourth-order valence-electron chi connectivity index (χ4n) is 6.54. The second kappa shape index (κ2) is 13.9. The summed E-state index contributed by atoms with van der Waals surface area (Å²) in [6, 6.07) is 9.68. The van der Waals surface area contributed by atoms with E-state index in [1.807, 2.05) is 25.1 Å². The van der Waals surface area contributed by atoms with Gasteiger partial charge in [-0.15, -0.1) is 0 Å². The molecule has 4 aromatic rings. The first kappa shape index (κ1) is 35.5. The number of rotatable bonds is 7. The van der Waals surface area contributed by atoms with Gasteiger partial charge in [-0.05, 0) is 117 Å². The minimum Gasteiger partial charge on any atom is -0.481 e. The molecule has 258 valence electrons. The van der Waals surface area contributed by atoms with Crippen molar-refractivity contribution in [3.05, 3.63) is 127 Å². The third-order valence-electron chi connectivity index (χ3n) is 8.80. The summed E-state index contributed by atoms with van der Waals surface area (Å²) in [5.74, 6) is -4.16. The molecule has 0 spiro atoms. The number of amides is 1. The highest BCUT2D eigenvalue weighted by molar-refractivity contribution is 5.85. The molecule has 12 heteroatoms. The Morgan fingerprint density at radius 3 is 2.41 bits per heavy atom. The summed E-state index contributed by atoms with van der Waals surface area (Å²) in [5, 5.41) is 12.3. The van der Waals surface area contributed by atoms with Gasteiger partial charge in [-0.1, -0.05) is 24.3 Å². The summed E-state index contributed by atoms with van der Waals surface area (Å²) < 4.78 is 74.9. The summed E-state index contributed by atoms with van der Waals surface area (Å²) in [6.45, 7) is 3.81. The molecule has 1 aliphatic rings. The number of benzene rings is 3. The third kappa shape index (κ3) is 7.59. The topological polar surface area (TPSA) is 91.6 Å². The van der Waals surface area contributed by atoms with Gasteiger partial charge in [0.25, 0.3) is 5.56 Å². The van der Waals surface area contributed by atoms with Crippen LogP contribution < -0.4 is 10.9 Å². The van der Waals surface area contributed by atoms with Crippen molar-refractivity contribution in [2.24, 2.45) is 0 Å². The summed E-state index contributed by atoms with van der Waals surface area (Å²) in [7, 11) is 3.51. The molecule has 0 unspecified atom stereocenters. The zero-order valence-electron chi connectivity index (χ0n) is 27.4. The maximum absolute atomic E-state index is 15.9. The molecule has 2 heterocycles. The molecule has 1 aliphatic heterocycles. The average Bonchev–Trinajstić information content (AvgIpc) is 3.00. The van der Waals surface area contributed by atoms with Crippen molar-refractivity contribution >= 4 is 11.9 Å². The minimum atomic E-state index is -4.89. The number of nitrogens with zero attached hydrogens (tertiary/aromatic N) is 2. The molecule has 5 rings (SSSR count). The van der Waals surface area contributed by atoms with E-state index in [0.717, 1.165) is 33.5 Å². The molecule has 0 saturated carbocycles. The largest absolute Gasteiger partial charge is 0.481 e. The molecular weight excluding hydrogens is 645 g/mol. The number of carbonyl (C=O) groups is 2. The lowest BCUT2D eigenvalue weighted by Crippen LogP contribution is -2.41. The lowest BCUT2D eigenvalue weighted by atomic mass is 9.88. The number of carboxylic acid groups (broad SMARTS) is 1. The molecule has 0 radical (unpaired) electrons. The molecule has 2 N–H and O–H groups in total. The molecule has 0 saturated heterocycles. The molecule has 7 nitrogen and oxygen atoms in total. The van der Waals surface area contributed by atoms with Gasteiger partial charge in [0.1, 0.15) is 17.7 Å². The first-order valence-corrected chi connectivity index (χ1v) is 15.7. The van der Waals surface area contributed by atoms with Crippen LogP contribution in [0.15, 0.2) is 65.6 Å². The van der Waals surface area contributed by atoms with Crippen molar-refractivity contribution in [3.63, 3.8) is 0 Å². The number of carbonyl (C=O) groups excluding carboxylic acids is 1. The molecule has 4 bridgehead atoms. The van der Waals surface area contributed by atoms with Gasteiger partial charge in [0.05, 0.1) is 18.0 Å². The number of aromatic nitrogens is 1. The Balaban J connectivity index is 1.80. The van der Waals surface area contributed by atoms with Crippen molar-refractivity contribution in [1.29, 1.82) is 0 Å². The molecule has 1 amide bonds. The first-order valence-electron chi connectivity index (χ1n) is 15.7. The predicted octanol–water partition coefficient (Wildman–Crippen LogP) is 6.75. The van der Waals surface area contributed by atoms with Gasteiger partial charge in [-0.2, -0.15) is 13.2 Å². The van der Waals surface area contributed by atoms with E-state index < -0.39 is 59.3 Å². The molecule has 0 fully saturated rings. The normalized spacial score (nSPS) is 16.3. The highest BCUT2D eigenvalue weighted by atomic mass is 19.4. The number of halogens is 5. The van der Waals surface area contributed by atoms with Crippen LogP contribution in [0.3, 0.4) is 0 Å². The molecule has 49 heavy (non-hydrogen) atoms. The Morgan fingerprint density at radius 2 is 1.73 bits per heavy atom. The summed E-state index contributed by atoms with van der Waals surface area (Å²) >= 11 is 0. The van der Waals surface area contributed by atoms with Crippen LogP contribution in [0.4, 0.5) is 22.0 Å². The van der Waals surface area contributed by atoms with Gasteiger partial charge >= 0.3 is 12.1 Å². The molecule has 1 aromatic heterocycles. The fraction of sp³-hybridized carbons (Fsp3) is 0.324. The highest BCUT2D eigenvalue weighted by Crippen LogP contribution is 2.37. The summed E-state index contributed by atoms with van der Waals surface area (Å²) in [5.41, 5.74) is 0.517. The van der Waals surface area contributed by atoms with Crippen molar-refractivity contribution < 1.29 is 36.6 Å². The van der Waals surface area contributed by atoms with Crippen molar-refractivity contribution in [2.45, 2.75) is 57.8 Å².